The lowest BCUT2D eigenvalue weighted by Gasteiger charge is -2.40. The maximum Gasteiger partial charge on any atom is 0.325 e. The molecule has 1 aromatic rings. The number of imide groups is 1. The number of carbonyl (C=O) groups excluding carboxylic acids is 3. The monoisotopic (exact) mass is 429 g/mol. The van der Waals surface area contributed by atoms with Gasteiger partial charge in [-0.15, -0.1) is 0 Å². The molecule has 1 N–H and O–H groups in total. The van der Waals surface area contributed by atoms with E-state index in [4.69, 9.17) is 4.52 Å². The minimum atomic E-state index is -0.792. The summed E-state index contributed by atoms with van der Waals surface area (Å²) >= 11 is 0. The number of carbonyl (C=O) groups is 3. The number of urea groups is 1. The minimum absolute atomic E-state index is 0.127. The molecule has 0 bridgehead atoms. The summed E-state index contributed by atoms with van der Waals surface area (Å²) in [5, 5.41) is 6.97. The van der Waals surface area contributed by atoms with Crippen LogP contribution in [0.3, 0.4) is 0 Å². The van der Waals surface area contributed by atoms with Gasteiger partial charge in [-0.05, 0) is 52.4 Å². The van der Waals surface area contributed by atoms with Crippen LogP contribution in [0.15, 0.2) is 10.6 Å². The number of nitrogens with one attached hydrogen (secondary N) is 1. The van der Waals surface area contributed by atoms with Crippen LogP contribution in [-0.4, -0.2) is 81.5 Å². The first-order valence-electron chi connectivity index (χ1n) is 11.5. The van der Waals surface area contributed by atoms with E-state index in [9.17, 15) is 14.4 Å². The Labute approximate surface area is 182 Å². The van der Waals surface area contributed by atoms with Gasteiger partial charge in [-0.1, -0.05) is 5.16 Å². The minimum Gasteiger partial charge on any atom is -0.360 e. The third-order valence-corrected chi connectivity index (χ3v) is 7.35. The second-order valence-electron chi connectivity index (χ2n) is 9.75. The Morgan fingerprint density at radius 3 is 2.61 bits per heavy atom. The van der Waals surface area contributed by atoms with Gasteiger partial charge in [0.2, 0.25) is 0 Å². The summed E-state index contributed by atoms with van der Waals surface area (Å²) in [5.74, 6) is 0.859. The summed E-state index contributed by atoms with van der Waals surface area (Å²) in [5.41, 5.74) is -0.475. The molecule has 5 rings (SSSR count). The molecule has 9 nitrogen and oxygen atoms in total. The van der Waals surface area contributed by atoms with E-state index in [2.05, 4.69) is 29.2 Å². The molecule has 9 heteroatoms. The SMILES string of the molecule is CC(C)N1CCC2(CC1)NC(=O)N(C1CCCN(C(=O)c3cc(C4CC4)on3)C1)C2=O. The van der Waals surface area contributed by atoms with E-state index in [1.807, 2.05) is 0 Å². The Morgan fingerprint density at radius 2 is 1.94 bits per heavy atom. The smallest absolute Gasteiger partial charge is 0.325 e. The molecule has 1 atom stereocenters. The van der Waals surface area contributed by atoms with Gasteiger partial charge >= 0.3 is 6.03 Å². The topological polar surface area (TPSA) is 99.0 Å². The summed E-state index contributed by atoms with van der Waals surface area (Å²) in [7, 11) is 0. The lowest BCUT2D eigenvalue weighted by molar-refractivity contribution is -0.135. The zero-order valence-electron chi connectivity index (χ0n) is 18.3. The Morgan fingerprint density at radius 1 is 1.19 bits per heavy atom. The van der Waals surface area contributed by atoms with Crippen molar-refractivity contribution >= 4 is 17.8 Å². The van der Waals surface area contributed by atoms with Gasteiger partial charge in [0.15, 0.2) is 5.69 Å². The lowest BCUT2D eigenvalue weighted by Crippen LogP contribution is -2.57. The molecule has 3 aliphatic heterocycles. The van der Waals surface area contributed by atoms with Crippen LogP contribution >= 0.6 is 0 Å². The van der Waals surface area contributed by atoms with Gasteiger partial charge in [0.1, 0.15) is 11.3 Å². The van der Waals surface area contributed by atoms with Crippen LogP contribution in [0.4, 0.5) is 4.79 Å². The number of nitrogens with zero attached hydrogens (tertiary/aromatic N) is 4. The molecular weight excluding hydrogens is 398 g/mol. The van der Waals surface area contributed by atoms with Gasteiger partial charge in [-0.25, -0.2) is 4.79 Å². The summed E-state index contributed by atoms with van der Waals surface area (Å²) in [6.07, 6.45) is 4.88. The van der Waals surface area contributed by atoms with E-state index < -0.39 is 5.54 Å². The van der Waals surface area contributed by atoms with Crippen LogP contribution in [0.1, 0.15) is 74.5 Å². The third-order valence-electron chi connectivity index (χ3n) is 7.35. The molecule has 4 fully saturated rings. The Kier molecular flexibility index (Phi) is 5.03. The maximum absolute atomic E-state index is 13.4. The van der Waals surface area contributed by atoms with Gasteiger partial charge in [0, 0.05) is 44.2 Å². The molecule has 4 heterocycles. The molecule has 31 heavy (non-hydrogen) atoms. The van der Waals surface area contributed by atoms with Crippen molar-refractivity contribution in [3.05, 3.63) is 17.5 Å². The fourth-order valence-corrected chi connectivity index (χ4v) is 5.20. The molecule has 1 unspecified atom stereocenters. The highest BCUT2D eigenvalue weighted by molar-refractivity contribution is 6.07. The van der Waals surface area contributed by atoms with Crippen molar-refractivity contribution in [2.24, 2.45) is 0 Å². The molecular formula is C22H31N5O4. The van der Waals surface area contributed by atoms with Crippen LogP contribution in [-0.2, 0) is 4.79 Å². The Balaban J connectivity index is 1.27. The largest absolute Gasteiger partial charge is 0.360 e. The summed E-state index contributed by atoms with van der Waals surface area (Å²) in [6.45, 7) is 6.83. The molecule has 1 aliphatic carbocycles. The van der Waals surface area contributed by atoms with Gasteiger partial charge in [-0.2, -0.15) is 0 Å². The number of aromatic nitrogens is 1. The van der Waals surface area contributed by atoms with Crippen molar-refractivity contribution in [1.82, 2.24) is 25.2 Å². The van der Waals surface area contributed by atoms with Crippen molar-refractivity contribution in [2.45, 2.75) is 75.9 Å². The van der Waals surface area contributed by atoms with Crippen LogP contribution in [0, 0.1) is 0 Å². The zero-order valence-corrected chi connectivity index (χ0v) is 18.3. The second-order valence-corrected chi connectivity index (χ2v) is 9.75. The summed E-state index contributed by atoms with van der Waals surface area (Å²) in [6, 6.07) is 1.55. The van der Waals surface area contributed by atoms with E-state index >= 15 is 0 Å². The molecule has 168 valence electrons. The zero-order chi connectivity index (χ0) is 21.8. The summed E-state index contributed by atoms with van der Waals surface area (Å²) < 4.78 is 5.33. The lowest BCUT2D eigenvalue weighted by atomic mass is 9.86. The van der Waals surface area contributed by atoms with Crippen molar-refractivity contribution in [3.8, 4) is 0 Å². The molecule has 1 spiro atoms. The highest BCUT2D eigenvalue weighted by atomic mass is 16.5. The van der Waals surface area contributed by atoms with E-state index in [1.54, 1.807) is 11.0 Å². The maximum atomic E-state index is 13.4. The van der Waals surface area contributed by atoms with E-state index in [0.29, 0.717) is 50.0 Å². The molecule has 0 aromatic carbocycles. The fraction of sp³-hybridized carbons (Fsp3) is 0.727. The molecule has 4 amide bonds. The normalized spacial score (nSPS) is 26.7. The molecule has 1 aromatic heterocycles. The van der Waals surface area contributed by atoms with E-state index in [1.165, 1.54) is 4.90 Å². The highest BCUT2D eigenvalue weighted by Crippen LogP contribution is 2.40. The van der Waals surface area contributed by atoms with Gasteiger partial charge in [0.25, 0.3) is 11.8 Å². The highest BCUT2D eigenvalue weighted by Gasteiger charge is 2.54. The predicted molar refractivity (Wildman–Crippen MR) is 111 cm³/mol. The number of rotatable bonds is 4. The van der Waals surface area contributed by atoms with E-state index in [-0.39, 0.29) is 23.9 Å². The molecule has 1 saturated carbocycles. The Bertz CT molecular complexity index is 884. The van der Waals surface area contributed by atoms with E-state index in [0.717, 1.165) is 38.1 Å². The van der Waals surface area contributed by atoms with Crippen molar-refractivity contribution in [3.63, 3.8) is 0 Å². The van der Waals surface area contributed by atoms with Crippen molar-refractivity contribution in [1.29, 1.82) is 0 Å². The van der Waals surface area contributed by atoms with Crippen molar-refractivity contribution in [2.75, 3.05) is 26.2 Å². The predicted octanol–water partition coefficient (Wildman–Crippen LogP) is 1.95. The van der Waals surface area contributed by atoms with Crippen LogP contribution < -0.4 is 5.32 Å². The average molecular weight is 430 g/mol. The average Bonchev–Trinajstić information content (AvgIpc) is 3.44. The van der Waals surface area contributed by atoms with Gasteiger partial charge in [-0.3, -0.25) is 14.5 Å². The first kappa shape index (κ1) is 20.5. The van der Waals surface area contributed by atoms with Crippen LogP contribution in [0.5, 0.6) is 0 Å². The summed E-state index contributed by atoms with van der Waals surface area (Å²) in [4.78, 5) is 44.6. The first-order chi connectivity index (χ1) is 14.9. The first-order valence-corrected chi connectivity index (χ1v) is 11.5. The van der Waals surface area contributed by atoms with Gasteiger partial charge in [0.05, 0.1) is 6.04 Å². The third kappa shape index (κ3) is 3.62. The van der Waals surface area contributed by atoms with Crippen LogP contribution in [0.25, 0.3) is 0 Å². The number of hydrogen-bond acceptors (Lipinski definition) is 6. The Hall–Kier alpha value is -2.42. The van der Waals surface area contributed by atoms with Gasteiger partial charge < -0.3 is 19.6 Å². The second kappa shape index (κ2) is 7.62. The molecule has 0 radical (unpaired) electrons. The number of amides is 4. The van der Waals surface area contributed by atoms with Crippen LogP contribution in [0.2, 0.25) is 0 Å². The number of hydrogen-bond donors (Lipinski definition) is 1. The number of piperidine rings is 2. The fourth-order valence-electron chi connectivity index (χ4n) is 5.20. The standard InChI is InChI=1S/C22H31N5O4/c1-14(2)25-10-7-22(8-11-25)20(29)27(21(30)23-22)16-4-3-9-26(13-16)19(28)17-12-18(31-24-17)15-5-6-15/h12,14-16H,3-11,13H2,1-2H3,(H,23,30). The number of likely N-dealkylation sites (tertiary alicyclic amines) is 2. The molecule has 4 aliphatic rings. The van der Waals surface area contributed by atoms with Crippen molar-refractivity contribution < 1.29 is 18.9 Å². The quantitative estimate of drug-likeness (QED) is 0.735. The molecule has 3 saturated heterocycles.